The van der Waals surface area contributed by atoms with E-state index in [1.807, 2.05) is 11.8 Å². The van der Waals surface area contributed by atoms with Crippen molar-refractivity contribution < 1.29 is 0 Å². The van der Waals surface area contributed by atoms with Crippen LogP contribution in [-0.4, -0.2) is 23.0 Å². The molecule has 0 bridgehead atoms. The number of nitrogens with one attached hydrogen (secondary N) is 1. The van der Waals surface area contributed by atoms with Gasteiger partial charge >= 0.3 is 0 Å². The first-order valence-corrected chi connectivity index (χ1v) is 6.73. The fourth-order valence-electron chi connectivity index (χ4n) is 2.19. The lowest BCUT2D eigenvalue weighted by Gasteiger charge is -2.34. The van der Waals surface area contributed by atoms with Crippen LogP contribution in [0.5, 0.6) is 0 Å². The van der Waals surface area contributed by atoms with Crippen molar-refractivity contribution in [3.63, 3.8) is 0 Å². The van der Waals surface area contributed by atoms with Crippen molar-refractivity contribution in [1.29, 1.82) is 0 Å². The molecule has 2 nitrogen and oxygen atoms in total. The molecule has 0 saturated carbocycles. The van der Waals surface area contributed by atoms with E-state index >= 15 is 0 Å². The highest BCUT2D eigenvalue weighted by Crippen LogP contribution is 2.27. The first-order chi connectivity index (χ1) is 6.79. The Morgan fingerprint density at radius 1 is 1.27 bits per heavy atom. The topological polar surface area (TPSA) is 24.4 Å². The van der Waals surface area contributed by atoms with Gasteiger partial charge in [-0.05, 0) is 32.1 Å². The second-order valence-corrected chi connectivity index (χ2v) is 7.22. The predicted molar refractivity (Wildman–Crippen MR) is 70.7 cm³/mol. The van der Waals surface area contributed by atoms with Crippen molar-refractivity contribution >= 4 is 16.9 Å². The standard InChI is InChI=1S/C12H24N2S/c1-11(2,3)9-12(4,5)14-10-13-7-6-8-15-10/h6-9H2,1-5H3,(H,13,14). The van der Waals surface area contributed by atoms with E-state index in [9.17, 15) is 0 Å². The number of rotatable bonds is 2. The van der Waals surface area contributed by atoms with Crippen LogP contribution in [0.25, 0.3) is 0 Å². The summed E-state index contributed by atoms with van der Waals surface area (Å²) in [6, 6.07) is 0. The normalized spacial score (nSPS) is 18.6. The number of thioether (sulfide) groups is 1. The van der Waals surface area contributed by atoms with Crippen molar-refractivity contribution in [2.45, 2.75) is 53.0 Å². The molecule has 0 saturated heterocycles. The Hall–Kier alpha value is -0.180. The van der Waals surface area contributed by atoms with Gasteiger partial charge in [0.15, 0.2) is 5.17 Å². The summed E-state index contributed by atoms with van der Waals surface area (Å²) < 4.78 is 0. The Labute approximate surface area is 98.3 Å². The van der Waals surface area contributed by atoms with Crippen LogP contribution in [0.2, 0.25) is 0 Å². The van der Waals surface area contributed by atoms with Gasteiger partial charge in [0, 0.05) is 17.8 Å². The van der Waals surface area contributed by atoms with E-state index in [1.165, 1.54) is 12.2 Å². The fourth-order valence-corrected chi connectivity index (χ4v) is 3.19. The van der Waals surface area contributed by atoms with Crippen LogP contribution in [0, 0.1) is 5.41 Å². The summed E-state index contributed by atoms with van der Waals surface area (Å²) >= 11 is 1.85. The molecule has 1 aliphatic heterocycles. The SMILES string of the molecule is CC(C)(C)CC(C)(C)NC1=NCCCS1. The van der Waals surface area contributed by atoms with Crippen LogP contribution in [-0.2, 0) is 0 Å². The Morgan fingerprint density at radius 2 is 1.93 bits per heavy atom. The van der Waals surface area contributed by atoms with Gasteiger partial charge in [-0.25, -0.2) is 0 Å². The van der Waals surface area contributed by atoms with Gasteiger partial charge in [0.05, 0.1) is 0 Å². The van der Waals surface area contributed by atoms with Crippen LogP contribution in [0.1, 0.15) is 47.5 Å². The molecular formula is C12H24N2S. The molecule has 1 rings (SSSR count). The van der Waals surface area contributed by atoms with E-state index in [1.54, 1.807) is 0 Å². The minimum atomic E-state index is 0.140. The Kier molecular flexibility index (Phi) is 4.10. The third-order valence-corrected chi connectivity index (χ3v) is 3.21. The van der Waals surface area contributed by atoms with Gasteiger partial charge in [-0.3, -0.25) is 4.99 Å². The molecule has 0 aromatic heterocycles. The summed E-state index contributed by atoms with van der Waals surface area (Å²) in [6.45, 7) is 12.4. The number of hydrogen-bond acceptors (Lipinski definition) is 3. The van der Waals surface area contributed by atoms with Crippen LogP contribution in [0.4, 0.5) is 0 Å². The summed E-state index contributed by atoms with van der Waals surface area (Å²) in [6.07, 6.45) is 2.37. The molecule has 1 heterocycles. The fraction of sp³-hybridized carbons (Fsp3) is 0.917. The van der Waals surface area contributed by atoms with E-state index in [2.05, 4.69) is 44.9 Å². The van der Waals surface area contributed by atoms with Crippen LogP contribution in [0.15, 0.2) is 4.99 Å². The molecule has 0 spiro atoms. The number of aliphatic imine (C=N–C) groups is 1. The largest absolute Gasteiger partial charge is 0.360 e. The van der Waals surface area contributed by atoms with Crippen molar-refractivity contribution in [2.24, 2.45) is 10.4 Å². The summed E-state index contributed by atoms with van der Waals surface area (Å²) in [7, 11) is 0. The maximum Gasteiger partial charge on any atom is 0.156 e. The van der Waals surface area contributed by atoms with Gasteiger partial charge in [0.1, 0.15) is 0 Å². The third kappa shape index (κ3) is 5.45. The lowest BCUT2D eigenvalue weighted by molar-refractivity contribution is 0.268. The van der Waals surface area contributed by atoms with Crippen LogP contribution >= 0.6 is 11.8 Å². The molecule has 0 fully saturated rings. The molecule has 88 valence electrons. The number of hydrogen-bond donors (Lipinski definition) is 1. The second kappa shape index (κ2) is 4.77. The molecule has 0 radical (unpaired) electrons. The molecule has 0 aromatic rings. The summed E-state index contributed by atoms with van der Waals surface area (Å²) in [5.74, 6) is 1.21. The van der Waals surface area contributed by atoms with Gasteiger partial charge in [-0.15, -0.1) is 0 Å². The second-order valence-electron chi connectivity index (χ2n) is 6.14. The zero-order chi connectivity index (χ0) is 11.5. The molecule has 3 heteroatoms. The highest BCUT2D eigenvalue weighted by Gasteiger charge is 2.26. The molecule has 0 aliphatic carbocycles. The Morgan fingerprint density at radius 3 is 2.40 bits per heavy atom. The van der Waals surface area contributed by atoms with Crippen molar-refractivity contribution in [3.05, 3.63) is 0 Å². The quantitative estimate of drug-likeness (QED) is 0.784. The van der Waals surface area contributed by atoms with Crippen molar-refractivity contribution in [3.8, 4) is 0 Å². The van der Waals surface area contributed by atoms with Gasteiger partial charge in [-0.1, -0.05) is 32.5 Å². The molecule has 1 aliphatic rings. The summed E-state index contributed by atoms with van der Waals surface area (Å²) in [5.41, 5.74) is 0.498. The maximum absolute atomic E-state index is 4.51. The van der Waals surface area contributed by atoms with E-state index in [0.29, 0.717) is 5.41 Å². The molecule has 0 amide bonds. The van der Waals surface area contributed by atoms with Crippen molar-refractivity contribution in [1.82, 2.24) is 5.32 Å². The highest BCUT2D eigenvalue weighted by molar-refractivity contribution is 8.13. The first kappa shape index (κ1) is 12.9. The lowest BCUT2D eigenvalue weighted by atomic mass is 9.82. The van der Waals surface area contributed by atoms with E-state index in [0.717, 1.165) is 18.1 Å². The Balaban J connectivity index is 2.51. The van der Waals surface area contributed by atoms with Crippen LogP contribution < -0.4 is 5.32 Å². The van der Waals surface area contributed by atoms with Gasteiger partial charge in [-0.2, -0.15) is 0 Å². The number of amidine groups is 1. The molecule has 15 heavy (non-hydrogen) atoms. The minimum absolute atomic E-state index is 0.140. The number of nitrogens with zero attached hydrogens (tertiary/aromatic N) is 1. The molecular weight excluding hydrogens is 204 g/mol. The third-order valence-electron chi connectivity index (χ3n) is 2.21. The van der Waals surface area contributed by atoms with Gasteiger partial charge in [0.25, 0.3) is 0 Å². The lowest BCUT2D eigenvalue weighted by Crippen LogP contribution is -2.45. The molecule has 0 unspecified atom stereocenters. The maximum atomic E-state index is 4.51. The molecule has 0 atom stereocenters. The van der Waals surface area contributed by atoms with E-state index < -0.39 is 0 Å². The van der Waals surface area contributed by atoms with Crippen molar-refractivity contribution in [2.75, 3.05) is 12.3 Å². The summed E-state index contributed by atoms with van der Waals surface area (Å²) in [4.78, 5) is 4.51. The highest BCUT2D eigenvalue weighted by atomic mass is 32.2. The summed E-state index contributed by atoms with van der Waals surface area (Å²) in [5, 5.41) is 4.70. The monoisotopic (exact) mass is 228 g/mol. The van der Waals surface area contributed by atoms with Gasteiger partial charge < -0.3 is 5.32 Å². The average molecular weight is 228 g/mol. The predicted octanol–water partition coefficient (Wildman–Crippen LogP) is 3.28. The Bertz CT molecular complexity index is 238. The van der Waals surface area contributed by atoms with E-state index in [-0.39, 0.29) is 5.54 Å². The molecule has 1 N–H and O–H groups in total. The minimum Gasteiger partial charge on any atom is -0.360 e. The zero-order valence-electron chi connectivity index (χ0n) is 10.7. The van der Waals surface area contributed by atoms with Gasteiger partial charge in [0.2, 0.25) is 0 Å². The smallest absolute Gasteiger partial charge is 0.156 e. The molecule has 0 aromatic carbocycles. The first-order valence-electron chi connectivity index (χ1n) is 5.74. The van der Waals surface area contributed by atoms with E-state index in [4.69, 9.17) is 0 Å². The average Bonchev–Trinajstić information content (AvgIpc) is 1.99. The zero-order valence-corrected chi connectivity index (χ0v) is 11.5. The van der Waals surface area contributed by atoms with Crippen LogP contribution in [0.3, 0.4) is 0 Å².